The first kappa shape index (κ1) is 11.8. The molecule has 0 saturated carbocycles. The maximum absolute atomic E-state index is 12.2. The fourth-order valence-corrected chi connectivity index (χ4v) is 2.18. The van der Waals surface area contributed by atoms with Gasteiger partial charge in [-0.15, -0.1) is 0 Å². The molecule has 0 unspecified atom stereocenters. The Balaban J connectivity index is 2.45. The Bertz CT molecular complexity index is 453. The molecule has 4 heteroatoms. The summed E-state index contributed by atoms with van der Waals surface area (Å²) in [6.07, 6.45) is 0.642. The van der Waals surface area contributed by atoms with Gasteiger partial charge in [-0.1, -0.05) is 12.1 Å². The van der Waals surface area contributed by atoms with Crippen molar-refractivity contribution in [3.63, 3.8) is 0 Å². The van der Waals surface area contributed by atoms with Crippen LogP contribution in [0.1, 0.15) is 38.3 Å². The molecule has 0 aliphatic carbocycles. The third-order valence-electron chi connectivity index (χ3n) is 3.13. The van der Waals surface area contributed by atoms with Crippen molar-refractivity contribution in [2.75, 3.05) is 13.1 Å². The van der Waals surface area contributed by atoms with Crippen molar-refractivity contribution in [1.29, 1.82) is 0 Å². The Morgan fingerprint density at radius 1 is 1.06 bits per heavy atom. The van der Waals surface area contributed by atoms with E-state index in [9.17, 15) is 9.59 Å². The van der Waals surface area contributed by atoms with Crippen molar-refractivity contribution in [1.82, 2.24) is 4.90 Å². The molecule has 0 aromatic heterocycles. The van der Waals surface area contributed by atoms with Gasteiger partial charge in [-0.25, -0.2) is 0 Å². The summed E-state index contributed by atoms with van der Waals surface area (Å²) in [5, 5.41) is 0. The number of amides is 2. The van der Waals surface area contributed by atoms with Gasteiger partial charge in [-0.05, 0) is 37.9 Å². The maximum Gasteiger partial charge on any atom is 0.261 e. The molecule has 0 saturated heterocycles. The third-order valence-corrected chi connectivity index (χ3v) is 3.13. The smallest absolute Gasteiger partial charge is 0.261 e. The monoisotopic (exact) mass is 232 g/mol. The number of rotatable bonds is 3. The second-order valence-electron chi connectivity index (χ2n) is 4.35. The Morgan fingerprint density at radius 2 is 1.53 bits per heavy atom. The lowest BCUT2D eigenvalue weighted by Gasteiger charge is -2.12. The normalized spacial score (nSPS) is 14.4. The Kier molecular flexibility index (Phi) is 2.98. The highest BCUT2D eigenvalue weighted by molar-refractivity contribution is 6.22. The van der Waals surface area contributed by atoms with E-state index < -0.39 is 0 Å². The van der Waals surface area contributed by atoms with E-state index in [1.54, 1.807) is 0 Å². The van der Waals surface area contributed by atoms with Gasteiger partial charge in [0.15, 0.2) is 0 Å². The van der Waals surface area contributed by atoms with E-state index in [-0.39, 0.29) is 11.8 Å². The molecule has 0 radical (unpaired) electrons. The van der Waals surface area contributed by atoms with Crippen molar-refractivity contribution in [3.8, 4) is 0 Å². The summed E-state index contributed by atoms with van der Waals surface area (Å²) in [5.74, 6) is -0.362. The second-order valence-corrected chi connectivity index (χ2v) is 4.35. The van der Waals surface area contributed by atoms with Crippen molar-refractivity contribution in [2.45, 2.75) is 20.3 Å². The van der Waals surface area contributed by atoms with Crippen molar-refractivity contribution in [2.24, 2.45) is 5.73 Å². The summed E-state index contributed by atoms with van der Waals surface area (Å²) in [6.45, 7) is 4.60. The highest BCUT2D eigenvalue weighted by Gasteiger charge is 2.37. The van der Waals surface area contributed by atoms with Gasteiger partial charge in [-0.2, -0.15) is 0 Å². The van der Waals surface area contributed by atoms with E-state index in [1.807, 2.05) is 26.0 Å². The molecular weight excluding hydrogens is 216 g/mol. The van der Waals surface area contributed by atoms with Crippen LogP contribution in [0.3, 0.4) is 0 Å². The summed E-state index contributed by atoms with van der Waals surface area (Å²) in [5.41, 5.74) is 8.26. The number of carbonyl (C=O) groups excluding carboxylic acids is 2. The molecule has 1 aliphatic rings. The van der Waals surface area contributed by atoms with Crippen LogP contribution in [-0.2, 0) is 0 Å². The summed E-state index contributed by atoms with van der Waals surface area (Å²) < 4.78 is 0. The fourth-order valence-electron chi connectivity index (χ4n) is 2.18. The summed E-state index contributed by atoms with van der Waals surface area (Å²) in [7, 11) is 0. The fraction of sp³-hybridized carbons (Fsp3) is 0.385. The lowest BCUT2D eigenvalue weighted by atomic mass is 9.99. The number of hydrogen-bond donors (Lipinski definition) is 1. The molecule has 0 fully saturated rings. The van der Waals surface area contributed by atoms with Crippen LogP contribution in [-0.4, -0.2) is 29.8 Å². The highest BCUT2D eigenvalue weighted by Crippen LogP contribution is 2.28. The zero-order chi connectivity index (χ0) is 12.6. The van der Waals surface area contributed by atoms with Crippen LogP contribution in [0.15, 0.2) is 12.1 Å². The molecule has 0 atom stereocenters. The first-order chi connectivity index (χ1) is 8.07. The third kappa shape index (κ3) is 1.74. The van der Waals surface area contributed by atoms with Crippen molar-refractivity contribution in [3.05, 3.63) is 34.4 Å². The van der Waals surface area contributed by atoms with Gasteiger partial charge in [-0.3, -0.25) is 14.5 Å². The number of aryl methyl sites for hydroxylation is 2. The van der Waals surface area contributed by atoms with E-state index in [4.69, 9.17) is 5.73 Å². The van der Waals surface area contributed by atoms with E-state index in [0.29, 0.717) is 30.6 Å². The number of benzene rings is 1. The summed E-state index contributed by atoms with van der Waals surface area (Å²) in [6, 6.07) is 3.76. The van der Waals surface area contributed by atoms with E-state index in [2.05, 4.69) is 0 Å². The maximum atomic E-state index is 12.2. The van der Waals surface area contributed by atoms with Crippen molar-refractivity contribution >= 4 is 11.8 Å². The van der Waals surface area contributed by atoms with Crippen LogP contribution >= 0.6 is 0 Å². The van der Waals surface area contributed by atoms with Gasteiger partial charge in [0, 0.05) is 6.54 Å². The molecule has 2 amide bonds. The average Bonchev–Trinajstić information content (AvgIpc) is 2.55. The molecule has 1 aromatic carbocycles. The first-order valence-electron chi connectivity index (χ1n) is 5.74. The minimum Gasteiger partial charge on any atom is -0.330 e. The van der Waals surface area contributed by atoms with E-state index >= 15 is 0 Å². The zero-order valence-electron chi connectivity index (χ0n) is 10.1. The number of nitrogens with two attached hydrogens (primary N) is 1. The van der Waals surface area contributed by atoms with Crippen LogP contribution in [0.5, 0.6) is 0 Å². The molecular formula is C13H16N2O2. The topological polar surface area (TPSA) is 63.4 Å². The van der Waals surface area contributed by atoms with Gasteiger partial charge >= 0.3 is 0 Å². The quantitative estimate of drug-likeness (QED) is 0.798. The van der Waals surface area contributed by atoms with Gasteiger partial charge in [0.2, 0.25) is 0 Å². The molecule has 2 rings (SSSR count). The number of imide groups is 1. The predicted molar refractivity (Wildman–Crippen MR) is 65.0 cm³/mol. The van der Waals surface area contributed by atoms with Gasteiger partial charge in [0.1, 0.15) is 0 Å². The van der Waals surface area contributed by atoms with E-state index in [1.165, 1.54) is 4.90 Å². The molecule has 0 bridgehead atoms. The molecule has 2 N–H and O–H groups in total. The predicted octanol–water partition coefficient (Wildman–Crippen LogP) is 1.25. The van der Waals surface area contributed by atoms with Crippen LogP contribution in [0, 0.1) is 13.8 Å². The lowest BCUT2D eigenvalue weighted by molar-refractivity contribution is 0.0653. The number of fused-ring (bicyclic) bond motifs is 1. The number of carbonyl (C=O) groups is 2. The van der Waals surface area contributed by atoms with Crippen LogP contribution < -0.4 is 5.73 Å². The average molecular weight is 232 g/mol. The lowest BCUT2D eigenvalue weighted by Crippen LogP contribution is -2.32. The highest BCUT2D eigenvalue weighted by atomic mass is 16.2. The number of nitrogens with zero attached hydrogens (tertiary/aromatic N) is 1. The van der Waals surface area contributed by atoms with Crippen LogP contribution in [0.4, 0.5) is 0 Å². The summed E-state index contributed by atoms with van der Waals surface area (Å²) in [4.78, 5) is 25.6. The Morgan fingerprint density at radius 3 is 1.94 bits per heavy atom. The molecule has 4 nitrogen and oxygen atoms in total. The Hall–Kier alpha value is -1.68. The van der Waals surface area contributed by atoms with E-state index in [0.717, 1.165) is 11.1 Å². The summed E-state index contributed by atoms with van der Waals surface area (Å²) >= 11 is 0. The molecule has 0 spiro atoms. The molecule has 1 aliphatic heterocycles. The van der Waals surface area contributed by atoms with Gasteiger partial charge < -0.3 is 5.73 Å². The molecule has 1 aromatic rings. The standard InChI is InChI=1S/C13H16N2O2/c1-8-4-5-9(2)11-10(8)12(16)15(13(11)17)7-3-6-14/h4-5H,3,6-7,14H2,1-2H3. The van der Waals surface area contributed by atoms with Crippen LogP contribution in [0.2, 0.25) is 0 Å². The SMILES string of the molecule is Cc1ccc(C)c2c1C(=O)N(CCCN)C2=O. The largest absolute Gasteiger partial charge is 0.330 e. The second kappa shape index (κ2) is 4.30. The Labute approximate surface area is 100 Å². The molecule has 90 valence electrons. The van der Waals surface area contributed by atoms with Gasteiger partial charge in [0.25, 0.3) is 11.8 Å². The molecule has 17 heavy (non-hydrogen) atoms. The first-order valence-corrected chi connectivity index (χ1v) is 5.74. The number of hydrogen-bond acceptors (Lipinski definition) is 3. The minimum absolute atomic E-state index is 0.181. The zero-order valence-corrected chi connectivity index (χ0v) is 10.1. The van der Waals surface area contributed by atoms with Crippen molar-refractivity contribution < 1.29 is 9.59 Å². The molecule has 1 heterocycles. The minimum atomic E-state index is -0.181. The van der Waals surface area contributed by atoms with Gasteiger partial charge in [0.05, 0.1) is 11.1 Å². The van der Waals surface area contributed by atoms with Crippen LogP contribution in [0.25, 0.3) is 0 Å².